The van der Waals surface area contributed by atoms with Gasteiger partial charge in [-0.2, -0.15) is 0 Å². The van der Waals surface area contributed by atoms with Gasteiger partial charge >= 0.3 is 0 Å². The minimum Gasteiger partial charge on any atom is -0.394 e. The molecule has 1 aliphatic rings. The molecule has 4 nitrogen and oxygen atoms in total. The van der Waals surface area contributed by atoms with Gasteiger partial charge in [0.05, 0.1) is 18.7 Å². The molecule has 0 bridgehead atoms. The lowest BCUT2D eigenvalue weighted by Crippen LogP contribution is -2.42. The van der Waals surface area contributed by atoms with E-state index in [-0.39, 0.29) is 24.6 Å². The molecule has 0 spiro atoms. The maximum Gasteiger partial charge on any atom is 0.240 e. The average Bonchev–Trinajstić information content (AvgIpc) is 2.45. The van der Waals surface area contributed by atoms with E-state index in [4.69, 9.17) is 5.11 Å². The van der Waals surface area contributed by atoms with Crippen LogP contribution in [0.25, 0.3) is 0 Å². The summed E-state index contributed by atoms with van der Waals surface area (Å²) in [6.07, 6.45) is 0.847. The molecule has 2 N–H and O–H groups in total. The summed E-state index contributed by atoms with van der Waals surface area (Å²) in [4.78, 5) is 13.2. The summed E-state index contributed by atoms with van der Waals surface area (Å²) in [5, 5.41) is 11.8. The Morgan fingerprint density at radius 2 is 2.50 bits per heavy atom. The van der Waals surface area contributed by atoms with Crippen LogP contribution < -0.4 is 5.32 Å². The summed E-state index contributed by atoms with van der Waals surface area (Å²) in [5.74, 6) is 0.110. The molecule has 1 amide bonds. The van der Waals surface area contributed by atoms with E-state index in [2.05, 4.69) is 5.32 Å². The SMILES string of the molecule is CNC1CCN(C(C)CO)C1=O. The Bertz CT molecular complexity index is 172. The van der Waals surface area contributed by atoms with Crippen molar-refractivity contribution in [2.75, 3.05) is 20.2 Å². The number of carbonyl (C=O) groups is 1. The fraction of sp³-hybridized carbons (Fsp3) is 0.875. The number of hydrogen-bond donors (Lipinski definition) is 2. The molecule has 0 saturated carbocycles. The maximum absolute atomic E-state index is 11.5. The summed E-state index contributed by atoms with van der Waals surface area (Å²) >= 11 is 0. The van der Waals surface area contributed by atoms with Crippen molar-refractivity contribution in [2.24, 2.45) is 0 Å². The van der Waals surface area contributed by atoms with Crippen LogP contribution >= 0.6 is 0 Å². The maximum atomic E-state index is 11.5. The van der Waals surface area contributed by atoms with Crippen LogP contribution in [0.3, 0.4) is 0 Å². The second kappa shape index (κ2) is 3.87. The number of aliphatic hydroxyl groups excluding tert-OH is 1. The first-order chi connectivity index (χ1) is 5.70. The number of hydrogen-bond acceptors (Lipinski definition) is 3. The van der Waals surface area contributed by atoms with Crippen LogP contribution in [0.5, 0.6) is 0 Å². The summed E-state index contributed by atoms with van der Waals surface area (Å²) in [7, 11) is 1.79. The summed E-state index contributed by atoms with van der Waals surface area (Å²) in [6, 6.07) is -0.0881. The van der Waals surface area contributed by atoms with Crippen LogP contribution in [0, 0.1) is 0 Å². The number of nitrogens with zero attached hydrogens (tertiary/aromatic N) is 1. The molecular formula is C8H16N2O2. The van der Waals surface area contributed by atoms with Gasteiger partial charge in [-0.25, -0.2) is 0 Å². The molecule has 1 fully saturated rings. The van der Waals surface area contributed by atoms with Crippen LogP contribution in [0.4, 0.5) is 0 Å². The Morgan fingerprint density at radius 1 is 1.83 bits per heavy atom. The number of likely N-dealkylation sites (tertiary alicyclic amines) is 1. The third-order valence-corrected chi connectivity index (χ3v) is 2.38. The molecule has 0 aromatic heterocycles. The van der Waals surface area contributed by atoms with Crippen molar-refractivity contribution in [2.45, 2.75) is 25.4 Å². The fourth-order valence-electron chi connectivity index (χ4n) is 1.51. The van der Waals surface area contributed by atoms with Crippen molar-refractivity contribution >= 4 is 5.91 Å². The second-order valence-corrected chi connectivity index (χ2v) is 3.19. The summed E-state index contributed by atoms with van der Waals surface area (Å²) in [6.45, 7) is 2.66. The number of nitrogens with one attached hydrogen (secondary N) is 1. The highest BCUT2D eigenvalue weighted by molar-refractivity contribution is 5.84. The summed E-state index contributed by atoms with van der Waals surface area (Å²) < 4.78 is 0. The Morgan fingerprint density at radius 3 is 2.92 bits per heavy atom. The normalized spacial score (nSPS) is 26.4. The van der Waals surface area contributed by atoms with Crippen molar-refractivity contribution < 1.29 is 9.90 Å². The lowest BCUT2D eigenvalue weighted by Gasteiger charge is -2.22. The molecule has 0 radical (unpaired) electrons. The highest BCUT2D eigenvalue weighted by Gasteiger charge is 2.32. The van der Waals surface area contributed by atoms with E-state index < -0.39 is 0 Å². The van der Waals surface area contributed by atoms with Gasteiger partial charge in [0.1, 0.15) is 0 Å². The number of likely N-dealkylation sites (N-methyl/N-ethyl adjacent to an activating group) is 1. The Hall–Kier alpha value is -0.610. The monoisotopic (exact) mass is 172 g/mol. The Kier molecular flexibility index (Phi) is 3.05. The first kappa shape index (κ1) is 9.48. The van der Waals surface area contributed by atoms with Crippen molar-refractivity contribution in [3.63, 3.8) is 0 Å². The molecule has 1 saturated heterocycles. The number of amides is 1. The van der Waals surface area contributed by atoms with Crippen molar-refractivity contribution in [3.8, 4) is 0 Å². The van der Waals surface area contributed by atoms with Gasteiger partial charge in [0.2, 0.25) is 5.91 Å². The third kappa shape index (κ3) is 1.59. The first-order valence-electron chi connectivity index (χ1n) is 4.29. The van der Waals surface area contributed by atoms with Gasteiger partial charge in [0, 0.05) is 6.54 Å². The van der Waals surface area contributed by atoms with E-state index in [0.717, 1.165) is 13.0 Å². The summed E-state index contributed by atoms with van der Waals surface area (Å²) in [5.41, 5.74) is 0. The molecule has 4 heteroatoms. The van der Waals surface area contributed by atoms with E-state index in [1.54, 1.807) is 11.9 Å². The predicted molar refractivity (Wildman–Crippen MR) is 45.7 cm³/mol. The van der Waals surface area contributed by atoms with Crippen LogP contribution in [-0.2, 0) is 4.79 Å². The van der Waals surface area contributed by atoms with Crippen molar-refractivity contribution in [1.82, 2.24) is 10.2 Å². The molecule has 2 atom stereocenters. The first-order valence-corrected chi connectivity index (χ1v) is 4.29. The standard InChI is InChI=1S/C8H16N2O2/c1-6(5-11)10-4-3-7(9-2)8(10)12/h6-7,9,11H,3-5H2,1-2H3. The van der Waals surface area contributed by atoms with Gasteiger partial charge in [-0.15, -0.1) is 0 Å². The number of rotatable bonds is 3. The molecule has 70 valence electrons. The Balaban J connectivity index is 2.54. The molecule has 1 heterocycles. The van der Waals surface area contributed by atoms with Gasteiger partial charge in [-0.3, -0.25) is 4.79 Å². The van der Waals surface area contributed by atoms with Gasteiger partial charge < -0.3 is 15.3 Å². The molecule has 2 unspecified atom stereocenters. The fourth-order valence-corrected chi connectivity index (χ4v) is 1.51. The van der Waals surface area contributed by atoms with E-state index in [1.165, 1.54) is 0 Å². The number of aliphatic hydroxyl groups is 1. The van der Waals surface area contributed by atoms with E-state index in [9.17, 15) is 4.79 Å². The highest BCUT2D eigenvalue weighted by Crippen LogP contribution is 2.13. The quantitative estimate of drug-likeness (QED) is 0.585. The zero-order valence-corrected chi connectivity index (χ0v) is 7.58. The van der Waals surface area contributed by atoms with Gasteiger partial charge in [-0.05, 0) is 20.4 Å². The molecule has 0 aromatic rings. The second-order valence-electron chi connectivity index (χ2n) is 3.19. The van der Waals surface area contributed by atoms with Crippen LogP contribution in [-0.4, -0.2) is 48.2 Å². The van der Waals surface area contributed by atoms with Gasteiger partial charge in [-0.1, -0.05) is 0 Å². The van der Waals surface area contributed by atoms with Gasteiger partial charge in [0.15, 0.2) is 0 Å². The van der Waals surface area contributed by atoms with Crippen molar-refractivity contribution in [3.05, 3.63) is 0 Å². The smallest absolute Gasteiger partial charge is 0.240 e. The molecule has 0 aliphatic carbocycles. The minimum absolute atomic E-state index is 0.0426. The largest absolute Gasteiger partial charge is 0.394 e. The van der Waals surface area contributed by atoms with Crippen molar-refractivity contribution in [1.29, 1.82) is 0 Å². The van der Waals surface area contributed by atoms with Crippen LogP contribution in [0.2, 0.25) is 0 Å². The van der Waals surface area contributed by atoms with Crippen LogP contribution in [0.15, 0.2) is 0 Å². The molecule has 12 heavy (non-hydrogen) atoms. The number of carbonyl (C=O) groups excluding carboxylic acids is 1. The molecule has 1 aliphatic heterocycles. The molecule has 1 rings (SSSR count). The van der Waals surface area contributed by atoms with Gasteiger partial charge in [0.25, 0.3) is 0 Å². The molecular weight excluding hydrogens is 156 g/mol. The Labute approximate surface area is 72.6 Å². The van der Waals surface area contributed by atoms with E-state index in [1.807, 2.05) is 6.92 Å². The third-order valence-electron chi connectivity index (χ3n) is 2.38. The van der Waals surface area contributed by atoms with E-state index in [0.29, 0.717) is 0 Å². The van der Waals surface area contributed by atoms with Crippen LogP contribution in [0.1, 0.15) is 13.3 Å². The lowest BCUT2D eigenvalue weighted by atomic mass is 10.2. The predicted octanol–water partition coefficient (Wildman–Crippen LogP) is -0.813. The zero-order chi connectivity index (χ0) is 9.14. The zero-order valence-electron chi connectivity index (χ0n) is 7.58. The minimum atomic E-state index is -0.0455. The van der Waals surface area contributed by atoms with E-state index >= 15 is 0 Å². The molecule has 0 aromatic carbocycles. The average molecular weight is 172 g/mol. The lowest BCUT2D eigenvalue weighted by molar-refractivity contribution is -0.131. The topological polar surface area (TPSA) is 52.6 Å². The highest BCUT2D eigenvalue weighted by atomic mass is 16.3.